The highest BCUT2D eigenvalue weighted by Crippen LogP contribution is 2.32. The zero-order valence-corrected chi connectivity index (χ0v) is 9.97. The van der Waals surface area contributed by atoms with E-state index in [1.54, 1.807) is 0 Å². The summed E-state index contributed by atoms with van der Waals surface area (Å²) in [5, 5.41) is 3.22. The number of hydrogen-bond donors (Lipinski definition) is 1. The molecule has 1 aromatic rings. The molecule has 1 N–H and O–H groups in total. The van der Waals surface area contributed by atoms with Gasteiger partial charge in [0.15, 0.2) is 0 Å². The summed E-state index contributed by atoms with van der Waals surface area (Å²) in [5.41, 5.74) is 1.30. The van der Waals surface area contributed by atoms with Gasteiger partial charge in [0, 0.05) is 16.9 Å². The largest absolute Gasteiger partial charge is 0.488 e. The molecule has 2 unspecified atom stereocenters. The highest BCUT2D eigenvalue weighted by atomic mass is 79.9. The Kier molecular flexibility index (Phi) is 2.79. The van der Waals surface area contributed by atoms with Gasteiger partial charge in [0.1, 0.15) is 11.9 Å². The number of rotatable bonds is 2. The van der Waals surface area contributed by atoms with Crippen molar-refractivity contribution in [1.82, 2.24) is 5.32 Å². The Morgan fingerprint density at radius 3 is 3.07 bits per heavy atom. The Morgan fingerprint density at radius 2 is 2.36 bits per heavy atom. The van der Waals surface area contributed by atoms with Gasteiger partial charge in [-0.3, -0.25) is 0 Å². The molecular weight excluding hydrogens is 242 g/mol. The fourth-order valence-electron chi connectivity index (χ4n) is 1.71. The van der Waals surface area contributed by atoms with Gasteiger partial charge in [-0.2, -0.15) is 0 Å². The average Bonchev–Trinajstić information content (AvgIpc) is 2.59. The summed E-state index contributed by atoms with van der Waals surface area (Å²) < 4.78 is 6.95. The number of fused-ring (bicyclic) bond motifs is 1. The molecule has 76 valence electrons. The molecule has 0 aromatic heterocycles. The molecule has 1 heterocycles. The summed E-state index contributed by atoms with van der Waals surface area (Å²) in [6.07, 6.45) is 1.26. The van der Waals surface area contributed by atoms with E-state index in [9.17, 15) is 0 Å². The van der Waals surface area contributed by atoms with E-state index >= 15 is 0 Å². The summed E-state index contributed by atoms with van der Waals surface area (Å²) in [7, 11) is 1.97. The smallest absolute Gasteiger partial charge is 0.123 e. The molecule has 0 bridgehead atoms. The maximum atomic E-state index is 5.83. The molecule has 1 aliphatic rings. The second-order valence-electron chi connectivity index (χ2n) is 3.69. The molecule has 1 aliphatic heterocycles. The van der Waals surface area contributed by atoms with Crippen LogP contribution in [0, 0.1) is 0 Å². The fraction of sp³-hybridized carbons (Fsp3) is 0.455. The van der Waals surface area contributed by atoms with Crippen LogP contribution in [0.25, 0.3) is 0 Å². The van der Waals surface area contributed by atoms with E-state index in [-0.39, 0.29) is 6.10 Å². The lowest BCUT2D eigenvalue weighted by Gasteiger charge is -2.17. The van der Waals surface area contributed by atoms with E-state index in [4.69, 9.17) is 4.74 Å². The molecule has 0 saturated carbocycles. The second-order valence-corrected chi connectivity index (χ2v) is 4.61. The third-order valence-corrected chi connectivity index (χ3v) is 3.23. The Hall–Kier alpha value is -0.540. The summed E-state index contributed by atoms with van der Waals surface area (Å²) in [4.78, 5) is 0. The Labute approximate surface area is 92.8 Å². The second kappa shape index (κ2) is 3.91. The lowest BCUT2D eigenvalue weighted by atomic mass is 10.1. The third kappa shape index (κ3) is 1.79. The normalized spacial score (nSPS) is 21.5. The van der Waals surface area contributed by atoms with Crippen LogP contribution >= 0.6 is 15.9 Å². The first-order chi connectivity index (χ1) is 6.70. The Morgan fingerprint density at radius 1 is 1.57 bits per heavy atom. The van der Waals surface area contributed by atoms with Crippen LogP contribution in [0.1, 0.15) is 12.5 Å². The number of benzene rings is 1. The fourth-order valence-corrected chi connectivity index (χ4v) is 2.12. The van der Waals surface area contributed by atoms with Crippen molar-refractivity contribution >= 4 is 15.9 Å². The van der Waals surface area contributed by atoms with Gasteiger partial charge >= 0.3 is 0 Å². The predicted molar refractivity (Wildman–Crippen MR) is 60.8 cm³/mol. The predicted octanol–water partition coefficient (Wildman–Crippen LogP) is 2.36. The van der Waals surface area contributed by atoms with Crippen LogP contribution in [0.3, 0.4) is 0 Å². The maximum absolute atomic E-state index is 5.83. The van der Waals surface area contributed by atoms with Crippen LogP contribution in [0.15, 0.2) is 22.7 Å². The Bertz CT molecular complexity index is 340. The van der Waals surface area contributed by atoms with E-state index in [1.807, 2.05) is 19.2 Å². The highest BCUT2D eigenvalue weighted by molar-refractivity contribution is 9.10. The summed E-state index contributed by atoms with van der Waals surface area (Å²) >= 11 is 3.47. The van der Waals surface area contributed by atoms with Gasteiger partial charge in [0.05, 0.1) is 0 Å². The van der Waals surface area contributed by atoms with Crippen LogP contribution in [0.2, 0.25) is 0 Å². The van der Waals surface area contributed by atoms with Gasteiger partial charge in [-0.1, -0.05) is 15.9 Å². The first kappa shape index (κ1) is 9.99. The van der Waals surface area contributed by atoms with Crippen molar-refractivity contribution in [2.75, 3.05) is 7.05 Å². The minimum Gasteiger partial charge on any atom is -0.488 e. The SMILES string of the molecule is CNC(C)C1Cc2cc(Br)ccc2O1. The molecule has 0 spiro atoms. The van der Waals surface area contributed by atoms with Gasteiger partial charge < -0.3 is 10.1 Å². The van der Waals surface area contributed by atoms with Gasteiger partial charge in [-0.25, -0.2) is 0 Å². The third-order valence-electron chi connectivity index (χ3n) is 2.73. The number of ether oxygens (including phenoxy) is 1. The van der Waals surface area contributed by atoms with Crippen LogP contribution in [0.4, 0.5) is 0 Å². The van der Waals surface area contributed by atoms with Crippen LogP contribution in [-0.2, 0) is 6.42 Å². The number of halogens is 1. The van der Waals surface area contributed by atoms with E-state index in [0.29, 0.717) is 6.04 Å². The minimum absolute atomic E-state index is 0.268. The zero-order chi connectivity index (χ0) is 10.1. The Balaban J connectivity index is 2.17. The highest BCUT2D eigenvalue weighted by Gasteiger charge is 2.26. The number of nitrogens with one attached hydrogen (secondary N) is 1. The van der Waals surface area contributed by atoms with E-state index in [2.05, 4.69) is 34.2 Å². The lowest BCUT2D eigenvalue weighted by molar-refractivity contribution is 0.191. The van der Waals surface area contributed by atoms with Gasteiger partial charge in [-0.15, -0.1) is 0 Å². The molecule has 0 saturated heterocycles. The molecule has 3 heteroatoms. The molecule has 0 amide bonds. The van der Waals surface area contributed by atoms with Crippen molar-refractivity contribution in [3.8, 4) is 5.75 Å². The molecule has 0 aliphatic carbocycles. The standard InChI is InChI=1S/C11H14BrNO/c1-7(13-2)11-6-8-5-9(12)3-4-10(8)14-11/h3-5,7,11,13H,6H2,1-2H3. The summed E-state index contributed by atoms with van der Waals surface area (Å²) in [5.74, 6) is 1.03. The topological polar surface area (TPSA) is 21.3 Å². The van der Waals surface area contributed by atoms with E-state index < -0.39 is 0 Å². The summed E-state index contributed by atoms with van der Waals surface area (Å²) in [6.45, 7) is 2.14. The van der Waals surface area contributed by atoms with E-state index in [1.165, 1.54) is 5.56 Å². The van der Waals surface area contributed by atoms with Crippen molar-refractivity contribution in [2.24, 2.45) is 0 Å². The van der Waals surface area contributed by atoms with Crippen LogP contribution < -0.4 is 10.1 Å². The molecule has 0 radical (unpaired) electrons. The first-order valence-corrected chi connectivity index (χ1v) is 5.62. The monoisotopic (exact) mass is 255 g/mol. The summed E-state index contributed by atoms with van der Waals surface area (Å²) in [6, 6.07) is 6.58. The maximum Gasteiger partial charge on any atom is 0.123 e. The molecule has 0 fully saturated rings. The van der Waals surface area contributed by atoms with Gasteiger partial charge in [0.2, 0.25) is 0 Å². The molecule has 2 nitrogen and oxygen atoms in total. The minimum atomic E-state index is 0.268. The molecule has 14 heavy (non-hydrogen) atoms. The van der Waals surface area contributed by atoms with Crippen LogP contribution in [0.5, 0.6) is 5.75 Å². The van der Waals surface area contributed by atoms with Crippen molar-refractivity contribution in [3.05, 3.63) is 28.2 Å². The first-order valence-electron chi connectivity index (χ1n) is 4.83. The molecule has 2 atom stereocenters. The van der Waals surface area contributed by atoms with Crippen LogP contribution in [-0.4, -0.2) is 19.2 Å². The average molecular weight is 256 g/mol. The number of likely N-dealkylation sites (N-methyl/N-ethyl adjacent to an activating group) is 1. The molecule has 1 aromatic carbocycles. The zero-order valence-electron chi connectivity index (χ0n) is 8.38. The van der Waals surface area contributed by atoms with Crippen molar-refractivity contribution in [3.63, 3.8) is 0 Å². The quantitative estimate of drug-likeness (QED) is 0.877. The van der Waals surface area contributed by atoms with Gasteiger partial charge in [-0.05, 0) is 37.7 Å². The van der Waals surface area contributed by atoms with Gasteiger partial charge in [0.25, 0.3) is 0 Å². The van der Waals surface area contributed by atoms with Crippen molar-refractivity contribution in [1.29, 1.82) is 0 Å². The molecular formula is C11H14BrNO. The van der Waals surface area contributed by atoms with E-state index in [0.717, 1.165) is 16.6 Å². The van der Waals surface area contributed by atoms with Crippen molar-refractivity contribution in [2.45, 2.75) is 25.5 Å². The number of hydrogen-bond acceptors (Lipinski definition) is 2. The van der Waals surface area contributed by atoms with Crippen molar-refractivity contribution < 1.29 is 4.74 Å². The molecule has 2 rings (SSSR count). The lowest BCUT2D eigenvalue weighted by Crippen LogP contribution is -2.37.